The quantitative estimate of drug-likeness (QED) is 0.147. The summed E-state index contributed by atoms with van der Waals surface area (Å²) in [5.41, 5.74) is 9.88. The molecule has 6 aromatic carbocycles. The third-order valence-corrected chi connectivity index (χ3v) is 20.8. The number of rotatable bonds is 9. The Bertz CT molecular complexity index is 1740. The molecule has 0 amide bonds. The van der Waals surface area contributed by atoms with Crippen molar-refractivity contribution in [1.82, 2.24) is 0 Å². The highest BCUT2D eigenvalue weighted by Crippen LogP contribution is 2.34. The van der Waals surface area contributed by atoms with E-state index in [4.69, 9.17) is 12.3 Å². The van der Waals surface area contributed by atoms with E-state index in [0.29, 0.717) is 0 Å². The maximum atomic E-state index is 7.67. The monoisotopic (exact) mass is 672 g/mol. The minimum absolute atomic E-state index is 1.03. The van der Waals surface area contributed by atoms with Crippen molar-refractivity contribution in [3.63, 3.8) is 0 Å². The third-order valence-electron chi connectivity index (χ3n) is 8.32. The molecule has 6 heteroatoms. The minimum atomic E-state index is -3.44. The lowest BCUT2D eigenvalue weighted by molar-refractivity contribution is 0.265. The Kier molecular flexibility index (Phi) is 9.53. The molecule has 48 heavy (non-hydrogen) atoms. The fraction of sp³-hybridized carbons (Fsp3) is 0. The largest absolute Gasteiger partial charge is 0.402 e. The van der Waals surface area contributed by atoms with E-state index in [1.165, 1.54) is 0 Å². The van der Waals surface area contributed by atoms with Crippen LogP contribution in [0.15, 0.2) is 199 Å². The molecule has 3 nitrogen and oxygen atoms in total. The fourth-order valence-electron chi connectivity index (χ4n) is 5.91. The topological polar surface area (TPSA) is 27.7 Å². The van der Waals surface area contributed by atoms with Crippen LogP contribution in [0, 0.1) is 0 Å². The summed E-state index contributed by atoms with van der Waals surface area (Å²) in [6.07, 6.45) is 6.46. The lowest BCUT2D eigenvalue weighted by Gasteiger charge is -2.51. The molecule has 1 saturated heterocycles. The second-order valence-corrected chi connectivity index (χ2v) is 20.8. The summed E-state index contributed by atoms with van der Waals surface area (Å²) >= 11 is 0. The summed E-state index contributed by atoms with van der Waals surface area (Å²) in [5.74, 6) is 0. The van der Waals surface area contributed by atoms with Crippen molar-refractivity contribution in [2.75, 3.05) is 0 Å². The molecule has 0 aromatic heterocycles. The Labute approximate surface area is 286 Å². The standard InChI is InChI=1S/C42H36O3Si3/c1-7-19-37(20-8-1)31-34-46(40-25-13-4-14-26-40)43-47(41-27-15-5-16-28-41,35-32-38-21-9-2-10-22-38)45-48(44-46,42-29-17-6-18-30-42)36-33-39-23-11-3-12-24-39/h1-36H/b34-31+,35-32+,36-33+. The first-order valence-corrected chi connectivity index (χ1v) is 21.9. The molecule has 0 saturated carbocycles. The van der Waals surface area contributed by atoms with E-state index in [1.54, 1.807) is 0 Å². The fourth-order valence-corrected chi connectivity index (χ4v) is 21.2. The molecule has 0 spiro atoms. The number of hydrogen-bond acceptors (Lipinski definition) is 3. The second kappa shape index (κ2) is 14.5. The highest BCUT2D eigenvalue weighted by Gasteiger charge is 2.62. The van der Waals surface area contributed by atoms with Crippen LogP contribution in [0.2, 0.25) is 0 Å². The van der Waals surface area contributed by atoms with Gasteiger partial charge in [0, 0.05) is 0 Å². The molecule has 7 rings (SSSR count). The van der Waals surface area contributed by atoms with Gasteiger partial charge in [0.2, 0.25) is 0 Å². The highest BCUT2D eigenvalue weighted by molar-refractivity contribution is 7.10. The summed E-state index contributed by atoms with van der Waals surface area (Å²) in [6.45, 7) is 0. The molecule has 0 bridgehead atoms. The van der Waals surface area contributed by atoms with E-state index in [9.17, 15) is 0 Å². The zero-order valence-electron chi connectivity index (χ0n) is 26.5. The van der Waals surface area contributed by atoms with Gasteiger partial charge in [-0.3, -0.25) is 0 Å². The smallest absolute Gasteiger partial charge is 0.382 e. The van der Waals surface area contributed by atoms with E-state index < -0.39 is 25.7 Å². The van der Waals surface area contributed by atoms with Crippen LogP contribution in [0.3, 0.4) is 0 Å². The van der Waals surface area contributed by atoms with Gasteiger partial charge in [0.25, 0.3) is 0 Å². The van der Waals surface area contributed by atoms with Crippen molar-refractivity contribution >= 4 is 59.5 Å². The molecule has 0 aliphatic carbocycles. The number of hydrogen-bond donors (Lipinski definition) is 0. The zero-order chi connectivity index (χ0) is 32.5. The van der Waals surface area contributed by atoms with Crippen LogP contribution in [0.25, 0.3) is 18.2 Å². The highest BCUT2D eigenvalue weighted by atomic mass is 28.5. The Morgan fingerprint density at radius 2 is 0.479 bits per heavy atom. The van der Waals surface area contributed by atoms with E-state index >= 15 is 0 Å². The van der Waals surface area contributed by atoms with Gasteiger partial charge in [0.1, 0.15) is 0 Å². The maximum absolute atomic E-state index is 7.67. The number of benzene rings is 6. The molecule has 0 radical (unpaired) electrons. The first kappa shape index (κ1) is 31.7. The average Bonchev–Trinajstić information content (AvgIpc) is 3.18. The van der Waals surface area contributed by atoms with Gasteiger partial charge < -0.3 is 12.3 Å². The zero-order valence-corrected chi connectivity index (χ0v) is 29.5. The minimum Gasteiger partial charge on any atom is -0.402 e. The van der Waals surface area contributed by atoms with Gasteiger partial charge in [-0.1, -0.05) is 200 Å². The van der Waals surface area contributed by atoms with Gasteiger partial charge >= 0.3 is 25.7 Å². The van der Waals surface area contributed by atoms with Gasteiger partial charge in [0.05, 0.1) is 0 Å². The van der Waals surface area contributed by atoms with Crippen LogP contribution in [0.1, 0.15) is 16.7 Å². The van der Waals surface area contributed by atoms with Crippen molar-refractivity contribution in [3.05, 3.63) is 216 Å². The molecule has 6 aromatic rings. The summed E-state index contributed by atoms with van der Waals surface area (Å²) in [6, 6.07) is 62.5. The second-order valence-electron chi connectivity index (χ2n) is 11.6. The van der Waals surface area contributed by atoms with Crippen molar-refractivity contribution in [3.8, 4) is 0 Å². The van der Waals surface area contributed by atoms with Crippen LogP contribution in [-0.2, 0) is 12.3 Å². The van der Waals surface area contributed by atoms with Gasteiger partial charge in [-0.2, -0.15) is 0 Å². The van der Waals surface area contributed by atoms with Gasteiger partial charge in [-0.05, 0) is 49.3 Å². The molecule has 1 aliphatic heterocycles. The van der Waals surface area contributed by atoms with Crippen LogP contribution in [0.5, 0.6) is 0 Å². The van der Waals surface area contributed by atoms with Gasteiger partial charge in [0.15, 0.2) is 0 Å². The maximum Gasteiger partial charge on any atom is 0.382 e. The molecule has 0 atom stereocenters. The van der Waals surface area contributed by atoms with E-state index in [2.05, 4.69) is 181 Å². The Balaban J connectivity index is 1.53. The molecule has 234 valence electrons. The van der Waals surface area contributed by atoms with E-state index in [0.717, 1.165) is 32.3 Å². The first-order valence-electron chi connectivity index (χ1n) is 16.2. The molecule has 1 heterocycles. The molecular formula is C42H36O3Si3. The predicted octanol–water partition coefficient (Wildman–Crippen LogP) is 7.86. The molecule has 0 unspecified atom stereocenters. The van der Waals surface area contributed by atoms with Crippen LogP contribution in [-0.4, -0.2) is 25.7 Å². The van der Waals surface area contributed by atoms with E-state index in [-0.39, 0.29) is 0 Å². The molecular weight excluding hydrogens is 637 g/mol. The van der Waals surface area contributed by atoms with Crippen molar-refractivity contribution in [2.24, 2.45) is 0 Å². The van der Waals surface area contributed by atoms with Crippen LogP contribution < -0.4 is 15.6 Å². The lowest BCUT2D eigenvalue weighted by Crippen LogP contribution is -2.79. The lowest BCUT2D eigenvalue weighted by atomic mass is 10.2. The van der Waals surface area contributed by atoms with Crippen molar-refractivity contribution in [1.29, 1.82) is 0 Å². The van der Waals surface area contributed by atoms with Crippen LogP contribution >= 0.6 is 0 Å². The van der Waals surface area contributed by atoms with Crippen molar-refractivity contribution < 1.29 is 12.3 Å². The molecule has 0 N–H and O–H groups in total. The van der Waals surface area contributed by atoms with E-state index in [1.807, 2.05) is 36.4 Å². The van der Waals surface area contributed by atoms with Gasteiger partial charge in [-0.15, -0.1) is 0 Å². The summed E-state index contributed by atoms with van der Waals surface area (Å²) < 4.78 is 23.0. The predicted molar refractivity (Wildman–Crippen MR) is 205 cm³/mol. The summed E-state index contributed by atoms with van der Waals surface area (Å²) in [7, 11) is -10.3. The third kappa shape index (κ3) is 7.00. The normalized spacial score (nSPS) is 22.8. The molecule has 1 aliphatic rings. The Morgan fingerprint density at radius 1 is 0.271 bits per heavy atom. The first-order chi connectivity index (χ1) is 23.7. The molecule has 1 fully saturated rings. The van der Waals surface area contributed by atoms with Gasteiger partial charge in [-0.25, -0.2) is 0 Å². The summed E-state index contributed by atoms with van der Waals surface area (Å²) in [4.78, 5) is 0. The Hall–Kier alpha value is -4.93. The summed E-state index contributed by atoms with van der Waals surface area (Å²) in [5, 5.41) is 3.09. The van der Waals surface area contributed by atoms with Crippen molar-refractivity contribution in [2.45, 2.75) is 0 Å². The SMILES string of the molecule is C(=C\[Si]1(c2ccccc2)O[Si](/C=C/c2ccccc2)(c2ccccc2)O[Si](/C=C/c2ccccc2)(c2ccccc2)O1)/c1ccccc1. The average molecular weight is 673 g/mol. The van der Waals surface area contributed by atoms with Crippen LogP contribution in [0.4, 0.5) is 0 Å². The Morgan fingerprint density at radius 3 is 0.708 bits per heavy atom.